The first-order valence-corrected chi connectivity index (χ1v) is 14.6. The molecule has 6 rings (SSSR count). The van der Waals surface area contributed by atoms with Crippen LogP contribution in [0.3, 0.4) is 0 Å². The van der Waals surface area contributed by atoms with Crippen LogP contribution >= 0.6 is 0 Å². The van der Waals surface area contributed by atoms with E-state index in [1.807, 2.05) is 50.2 Å². The lowest BCUT2D eigenvalue weighted by molar-refractivity contribution is -0.131. The highest BCUT2D eigenvalue weighted by molar-refractivity contribution is 6.00. The summed E-state index contributed by atoms with van der Waals surface area (Å²) in [5.74, 6) is -1.40. The fourth-order valence-electron chi connectivity index (χ4n) is 5.93. The van der Waals surface area contributed by atoms with Crippen LogP contribution in [0.25, 0.3) is 22.4 Å². The molecule has 1 saturated carbocycles. The third-order valence-electron chi connectivity index (χ3n) is 8.39. The van der Waals surface area contributed by atoms with Gasteiger partial charge in [0.15, 0.2) is 5.67 Å². The van der Waals surface area contributed by atoms with E-state index in [2.05, 4.69) is 38.8 Å². The SMILES string of the molecule is CCCc1cncc(-c2ccc3c(c2)[C@H]([C@H](NC(=O)C2(F)CC2)C(=O)Nc2ccc(-c4c(C)n[nH]c4C)cc2)CC3)n1. The number of halogens is 1. The summed E-state index contributed by atoms with van der Waals surface area (Å²) < 4.78 is 14.8. The predicted molar refractivity (Wildman–Crippen MR) is 160 cm³/mol. The Morgan fingerprint density at radius 1 is 1.10 bits per heavy atom. The largest absolute Gasteiger partial charge is 0.341 e. The van der Waals surface area contributed by atoms with Crippen molar-refractivity contribution in [1.82, 2.24) is 25.5 Å². The molecule has 0 saturated heterocycles. The fourth-order valence-corrected chi connectivity index (χ4v) is 5.93. The van der Waals surface area contributed by atoms with Crippen molar-refractivity contribution in [3.63, 3.8) is 0 Å². The Kier molecular flexibility index (Phi) is 7.35. The average Bonchev–Trinajstić information content (AvgIpc) is 3.47. The highest BCUT2D eigenvalue weighted by Crippen LogP contribution is 2.42. The number of benzene rings is 2. The molecule has 1 fully saturated rings. The van der Waals surface area contributed by atoms with E-state index in [1.54, 1.807) is 12.4 Å². The summed E-state index contributed by atoms with van der Waals surface area (Å²) >= 11 is 0. The number of carbonyl (C=O) groups excluding carboxylic acids is 2. The normalized spacial score (nSPS) is 17.4. The van der Waals surface area contributed by atoms with Crippen LogP contribution in [0.5, 0.6) is 0 Å². The molecule has 0 aliphatic heterocycles. The summed E-state index contributed by atoms with van der Waals surface area (Å²) in [6, 6.07) is 12.7. The number of aryl methyl sites for hydroxylation is 4. The van der Waals surface area contributed by atoms with Crippen molar-refractivity contribution in [2.24, 2.45) is 0 Å². The quantitative estimate of drug-likeness (QED) is 0.239. The molecule has 0 unspecified atom stereocenters. The number of aromatic amines is 1. The van der Waals surface area contributed by atoms with Gasteiger partial charge in [0.25, 0.3) is 5.91 Å². The number of nitrogens with one attached hydrogen (secondary N) is 3. The second-order valence-corrected chi connectivity index (χ2v) is 11.5. The van der Waals surface area contributed by atoms with Crippen molar-refractivity contribution in [3.8, 4) is 22.4 Å². The van der Waals surface area contributed by atoms with Crippen molar-refractivity contribution in [2.75, 3.05) is 5.32 Å². The molecule has 2 aromatic carbocycles. The molecule has 0 radical (unpaired) electrons. The number of amides is 2. The second kappa shape index (κ2) is 11.1. The van der Waals surface area contributed by atoms with E-state index in [0.717, 1.165) is 69.9 Å². The number of carbonyl (C=O) groups is 2. The molecule has 0 spiro atoms. The second-order valence-electron chi connectivity index (χ2n) is 11.5. The summed E-state index contributed by atoms with van der Waals surface area (Å²) in [6.45, 7) is 6.01. The van der Waals surface area contributed by atoms with E-state index in [0.29, 0.717) is 12.1 Å². The van der Waals surface area contributed by atoms with Gasteiger partial charge in [0.05, 0.1) is 23.3 Å². The van der Waals surface area contributed by atoms with Crippen LogP contribution in [-0.4, -0.2) is 43.7 Å². The molecule has 2 heterocycles. The number of H-pyrrole nitrogens is 1. The van der Waals surface area contributed by atoms with E-state index < -0.39 is 17.6 Å². The highest BCUT2D eigenvalue weighted by atomic mass is 19.1. The van der Waals surface area contributed by atoms with Crippen molar-refractivity contribution >= 4 is 17.5 Å². The number of aromatic nitrogens is 4. The summed E-state index contributed by atoms with van der Waals surface area (Å²) in [4.78, 5) is 35.9. The number of alkyl halides is 1. The number of hydrogen-bond acceptors (Lipinski definition) is 5. The standard InChI is InChI=1S/C33H35FN6O2/c1-4-5-25-17-35-18-28(36-25)23-7-6-21-10-13-26(27(21)16-23)30(38-32(42)33(34)14-15-33)31(41)37-24-11-8-22(9-12-24)29-19(2)39-40-20(29)3/h6-9,11-12,16-18,26,30H,4-5,10,13-15H2,1-3H3,(H,37,41)(H,38,42)(H,39,40)/t26-,30+/m1/s1. The maximum absolute atomic E-state index is 14.8. The Balaban J connectivity index is 1.28. The number of rotatable bonds is 9. The maximum atomic E-state index is 14.8. The molecule has 216 valence electrons. The topological polar surface area (TPSA) is 113 Å². The molecule has 2 aliphatic rings. The van der Waals surface area contributed by atoms with E-state index in [1.165, 1.54) is 0 Å². The molecule has 3 N–H and O–H groups in total. The zero-order valence-electron chi connectivity index (χ0n) is 24.1. The van der Waals surface area contributed by atoms with Crippen LogP contribution in [0, 0.1) is 13.8 Å². The van der Waals surface area contributed by atoms with Gasteiger partial charge in [0.1, 0.15) is 6.04 Å². The van der Waals surface area contributed by atoms with E-state index in [9.17, 15) is 14.0 Å². The lowest BCUT2D eigenvalue weighted by Gasteiger charge is -2.26. The Labute approximate surface area is 244 Å². The first-order valence-electron chi connectivity index (χ1n) is 14.6. The molecular formula is C33H35FN6O2. The van der Waals surface area contributed by atoms with E-state index in [-0.39, 0.29) is 24.7 Å². The minimum absolute atomic E-state index is 0.180. The van der Waals surface area contributed by atoms with Gasteiger partial charge in [-0.2, -0.15) is 5.10 Å². The lowest BCUT2D eigenvalue weighted by atomic mass is 9.90. The Morgan fingerprint density at radius 3 is 2.55 bits per heavy atom. The van der Waals surface area contributed by atoms with E-state index in [4.69, 9.17) is 4.98 Å². The monoisotopic (exact) mass is 566 g/mol. The molecule has 2 amide bonds. The molecule has 42 heavy (non-hydrogen) atoms. The van der Waals surface area contributed by atoms with Gasteiger partial charge in [-0.1, -0.05) is 37.6 Å². The fraction of sp³-hybridized carbons (Fsp3) is 0.364. The predicted octanol–water partition coefficient (Wildman–Crippen LogP) is 5.76. The minimum atomic E-state index is -1.89. The zero-order valence-corrected chi connectivity index (χ0v) is 24.1. The summed E-state index contributed by atoms with van der Waals surface area (Å²) in [7, 11) is 0. The number of hydrogen-bond donors (Lipinski definition) is 3. The van der Waals surface area contributed by atoms with Gasteiger partial charge in [0.2, 0.25) is 5.91 Å². The molecule has 2 aromatic heterocycles. The Morgan fingerprint density at radius 2 is 1.86 bits per heavy atom. The van der Waals surface area contributed by atoms with Gasteiger partial charge in [-0.15, -0.1) is 0 Å². The van der Waals surface area contributed by atoms with Crippen molar-refractivity contribution in [1.29, 1.82) is 0 Å². The van der Waals surface area contributed by atoms with Crippen LogP contribution in [0.4, 0.5) is 10.1 Å². The van der Waals surface area contributed by atoms with Gasteiger partial charge in [-0.25, -0.2) is 9.37 Å². The Hall–Kier alpha value is -4.40. The van der Waals surface area contributed by atoms with Crippen LogP contribution < -0.4 is 10.6 Å². The lowest BCUT2D eigenvalue weighted by Crippen LogP contribution is -2.50. The summed E-state index contributed by atoms with van der Waals surface area (Å²) in [5.41, 5.74) is 7.27. The van der Waals surface area contributed by atoms with Gasteiger partial charge in [0, 0.05) is 34.6 Å². The summed E-state index contributed by atoms with van der Waals surface area (Å²) in [5, 5.41) is 13.0. The van der Waals surface area contributed by atoms with Gasteiger partial charge >= 0.3 is 0 Å². The first kappa shape index (κ1) is 27.8. The molecule has 2 atom stereocenters. The maximum Gasteiger partial charge on any atom is 0.258 e. The molecule has 0 bridgehead atoms. The molecule has 9 heteroatoms. The number of anilines is 1. The number of nitrogens with zero attached hydrogens (tertiary/aromatic N) is 3. The van der Waals surface area contributed by atoms with Crippen LogP contribution in [0.15, 0.2) is 54.9 Å². The highest BCUT2D eigenvalue weighted by Gasteiger charge is 2.52. The third-order valence-corrected chi connectivity index (χ3v) is 8.39. The average molecular weight is 567 g/mol. The van der Waals surface area contributed by atoms with Crippen molar-refractivity contribution in [2.45, 2.75) is 76.9 Å². The smallest absolute Gasteiger partial charge is 0.258 e. The number of fused-ring (bicyclic) bond motifs is 1. The molecule has 2 aliphatic carbocycles. The zero-order chi connectivity index (χ0) is 29.4. The van der Waals surface area contributed by atoms with Crippen molar-refractivity contribution < 1.29 is 14.0 Å². The summed E-state index contributed by atoms with van der Waals surface area (Å²) in [6.07, 6.45) is 7.13. The van der Waals surface area contributed by atoms with Gasteiger partial charge in [-0.05, 0) is 80.8 Å². The third kappa shape index (κ3) is 5.43. The Bertz CT molecular complexity index is 1620. The van der Waals surface area contributed by atoms with Crippen LogP contribution in [-0.2, 0) is 22.4 Å². The first-order chi connectivity index (χ1) is 20.3. The van der Waals surface area contributed by atoms with Gasteiger partial charge in [-0.3, -0.25) is 19.7 Å². The molecular weight excluding hydrogens is 531 g/mol. The molecule has 4 aromatic rings. The minimum Gasteiger partial charge on any atom is -0.341 e. The van der Waals surface area contributed by atoms with Gasteiger partial charge < -0.3 is 10.6 Å². The van der Waals surface area contributed by atoms with Crippen LogP contribution in [0.1, 0.15) is 66.7 Å². The molecule has 8 nitrogen and oxygen atoms in total. The van der Waals surface area contributed by atoms with Crippen molar-refractivity contribution in [3.05, 3.63) is 83.1 Å². The van der Waals surface area contributed by atoms with E-state index >= 15 is 0 Å². The van der Waals surface area contributed by atoms with Crippen LogP contribution in [0.2, 0.25) is 0 Å².